The van der Waals surface area contributed by atoms with Crippen LogP contribution in [0.25, 0.3) is 0 Å². The molecule has 0 saturated heterocycles. The van der Waals surface area contributed by atoms with Gasteiger partial charge < -0.3 is 5.32 Å². The fourth-order valence-corrected chi connectivity index (χ4v) is 1.95. The second-order valence-corrected chi connectivity index (χ2v) is 4.17. The highest BCUT2D eigenvalue weighted by Crippen LogP contribution is 2.21. The van der Waals surface area contributed by atoms with Crippen LogP contribution < -0.4 is 5.32 Å². The largest absolute Gasteiger partial charge is 0.314 e. The number of hydrogen-bond acceptors (Lipinski definition) is 1. The van der Waals surface area contributed by atoms with Gasteiger partial charge in [0.2, 0.25) is 0 Å². The van der Waals surface area contributed by atoms with Crippen LogP contribution >= 0.6 is 0 Å². The van der Waals surface area contributed by atoms with Crippen molar-refractivity contribution in [1.29, 1.82) is 0 Å². The summed E-state index contributed by atoms with van der Waals surface area (Å²) in [6.07, 6.45) is 10.4. The third-order valence-corrected chi connectivity index (χ3v) is 2.70. The lowest BCUT2D eigenvalue weighted by molar-refractivity contribution is 0.525. The summed E-state index contributed by atoms with van der Waals surface area (Å²) in [4.78, 5) is 0. The highest BCUT2D eigenvalue weighted by Gasteiger charge is 2.07. The van der Waals surface area contributed by atoms with Crippen molar-refractivity contribution in [3.05, 3.63) is 11.6 Å². The topological polar surface area (TPSA) is 12.0 Å². The molecule has 1 N–H and O–H groups in total. The van der Waals surface area contributed by atoms with Gasteiger partial charge in [-0.25, -0.2) is 0 Å². The first-order valence-corrected chi connectivity index (χ1v) is 5.74. The lowest BCUT2D eigenvalue weighted by atomic mass is 9.95. The molecule has 1 nitrogen and oxygen atoms in total. The van der Waals surface area contributed by atoms with Crippen molar-refractivity contribution in [2.75, 3.05) is 6.54 Å². The lowest BCUT2D eigenvalue weighted by Crippen LogP contribution is -2.27. The normalized spacial score (nSPS) is 19.7. The van der Waals surface area contributed by atoms with E-state index in [0.29, 0.717) is 6.04 Å². The van der Waals surface area contributed by atoms with Crippen molar-refractivity contribution in [3.8, 4) is 0 Å². The molecule has 0 aromatic carbocycles. The molecular weight excluding hydrogens is 158 g/mol. The third kappa shape index (κ3) is 4.47. The van der Waals surface area contributed by atoms with E-state index in [1.54, 1.807) is 5.57 Å². The van der Waals surface area contributed by atoms with E-state index in [9.17, 15) is 0 Å². The van der Waals surface area contributed by atoms with Crippen LogP contribution in [-0.2, 0) is 0 Å². The first-order chi connectivity index (χ1) is 6.33. The second kappa shape index (κ2) is 6.20. The quantitative estimate of drug-likeness (QED) is 0.642. The Morgan fingerprint density at radius 1 is 1.46 bits per heavy atom. The number of rotatable bonds is 5. The van der Waals surface area contributed by atoms with Crippen LogP contribution in [0.1, 0.15) is 52.4 Å². The van der Waals surface area contributed by atoms with E-state index in [4.69, 9.17) is 0 Å². The standard InChI is InChI=1S/C12H23N/c1-3-9-13-11(2)10-12-7-5-4-6-8-12/h7,11,13H,3-6,8-10H2,1-2H3. The van der Waals surface area contributed by atoms with Gasteiger partial charge in [-0.2, -0.15) is 0 Å². The van der Waals surface area contributed by atoms with Crippen molar-refractivity contribution < 1.29 is 0 Å². The smallest absolute Gasteiger partial charge is 0.00758 e. The molecule has 0 spiro atoms. The van der Waals surface area contributed by atoms with E-state index in [1.807, 2.05) is 0 Å². The van der Waals surface area contributed by atoms with Crippen LogP contribution in [0.2, 0.25) is 0 Å². The van der Waals surface area contributed by atoms with Crippen LogP contribution in [-0.4, -0.2) is 12.6 Å². The van der Waals surface area contributed by atoms with Gasteiger partial charge in [-0.3, -0.25) is 0 Å². The minimum absolute atomic E-state index is 0.671. The average molecular weight is 181 g/mol. The van der Waals surface area contributed by atoms with Gasteiger partial charge >= 0.3 is 0 Å². The summed E-state index contributed by atoms with van der Waals surface area (Å²) in [6.45, 7) is 5.68. The van der Waals surface area contributed by atoms with E-state index in [0.717, 1.165) is 6.54 Å². The number of hydrogen-bond donors (Lipinski definition) is 1. The number of allylic oxidation sites excluding steroid dienone is 1. The summed E-state index contributed by atoms with van der Waals surface area (Å²) in [7, 11) is 0. The summed E-state index contributed by atoms with van der Waals surface area (Å²) in [6, 6.07) is 0.671. The van der Waals surface area contributed by atoms with Crippen LogP contribution in [0.5, 0.6) is 0 Å². The molecule has 1 heteroatoms. The van der Waals surface area contributed by atoms with Gasteiger partial charge in [0.25, 0.3) is 0 Å². The minimum atomic E-state index is 0.671. The molecule has 0 bridgehead atoms. The van der Waals surface area contributed by atoms with Crippen molar-refractivity contribution in [2.45, 2.75) is 58.4 Å². The van der Waals surface area contributed by atoms with Gasteiger partial charge in [-0.15, -0.1) is 0 Å². The first kappa shape index (κ1) is 10.8. The van der Waals surface area contributed by atoms with Gasteiger partial charge in [0.05, 0.1) is 0 Å². The molecule has 1 atom stereocenters. The molecule has 13 heavy (non-hydrogen) atoms. The molecule has 1 aliphatic carbocycles. The van der Waals surface area contributed by atoms with Crippen molar-refractivity contribution >= 4 is 0 Å². The minimum Gasteiger partial charge on any atom is -0.314 e. The molecule has 0 radical (unpaired) electrons. The molecule has 0 aliphatic heterocycles. The SMILES string of the molecule is CCCNC(C)CC1=CCCCC1. The van der Waals surface area contributed by atoms with Gasteiger partial charge in [-0.1, -0.05) is 18.6 Å². The molecule has 0 heterocycles. The zero-order valence-electron chi connectivity index (χ0n) is 9.10. The molecule has 1 aliphatic rings. The predicted molar refractivity (Wildman–Crippen MR) is 58.9 cm³/mol. The van der Waals surface area contributed by atoms with Crippen molar-refractivity contribution in [2.24, 2.45) is 0 Å². The maximum absolute atomic E-state index is 3.54. The summed E-state index contributed by atoms with van der Waals surface area (Å²) in [5.74, 6) is 0. The Kier molecular flexibility index (Phi) is 5.14. The van der Waals surface area contributed by atoms with Gasteiger partial charge in [-0.05, 0) is 52.0 Å². The lowest BCUT2D eigenvalue weighted by Gasteiger charge is -2.18. The highest BCUT2D eigenvalue weighted by molar-refractivity contribution is 5.06. The Labute approximate surface area is 82.6 Å². The molecular formula is C12H23N. The zero-order chi connectivity index (χ0) is 9.52. The Morgan fingerprint density at radius 2 is 2.31 bits per heavy atom. The van der Waals surface area contributed by atoms with E-state index < -0.39 is 0 Å². The fourth-order valence-electron chi connectivity index (χ4n) is 1.95. The van der Waals surface area contributed by atoms with E-state index >= 15 is 0 Å². The van der Waals surface area contributed by atoms with Crippen molar-refractivity contribution in [3.63, 3.8) is 0 Å². The maximum atomic E-state index is 3.54. The maximum Gasteiger partial charge on any atom is 0.00758 e. The zero-order valence-corrected chi connectivity index (χ0v) is 9.10. The molecule has 1 rings (SSSR count). The number of nitrogens with one attached hydrogen (secondary N) is 1. The van der Waals surface area contributed by atoms with Gasteiger partial charge in [0.15, 0.2) is 0 Å². The Balaban J connectivity index is 2.18. The summed E-state index contributed by atoms with van der Waals surface area (Å²) in [5, 5.41) is 3.54. The summed E-state index contributed by atoms with van der Waals surface area (Å²) >= 11 is 0. The third-order valence-electron chi connectivity index (χ3n) is 2.70. The molecule has 1 unspecified atom stereocenters. The molecule has 0 amide bonds. The van der Waals surface area contributed by atoms with Crippen LogP contribution in [0.3, 0.4) is 0 Å². The Bertz CT molecular complexity index is 161. The molecule has 0 saturated carbocycles. The van der Waals surface area contributed by atoms with Gasteiger partial charge in [0.1, 0.15) is 0 Å². The summed E-state index contributed by atoms with van der Waals surface area (Å²) in [5.41, 5.74) is 1.68. The fraction of sp³-hybridized carbons (Fsp3) is 0.833. The Hall–Kier alpha value is -0.300. The Morgan fingerprint density at radius 3 is 2.92 bits per heavy atom. The molecule has 0 aromatic rings. The predicted octanol–water partition coefficient (Wildman–Crippen LogP) is 3.27. The summed E-state index contributed by atoms with van der Waals surface area (Å²) < 4.78 is 0. The van der Waals surface area contributed by atoms with Crippen LogP contribution in [0, 0.1) is 0 Å². The molecule has 76 valence electrons. The van der Waals surface area contributed by atoms with Gasteiger partial charge in [0, 0.05) is 6.04 Å². The van der Waals surface area contributed by atoms with Crippen LogP contribution in [0.4, 0.5) is 0 Å². The van der Waals surface area contributed by atoms with E-state index in [2.05, 4.69) is 25.2 Å². The second-order valence-electron chi connectivity index (χ2n) is 4.17. The van der Waals surface area contributed by atoms with Crippen LogP contribution in [0.15, 0.2) is 11.6 Å². The van der Waals surface area contributed by atoms with Crippen molar-refractivity contribution in [1.82, 2.24) is 5.32 Å². The van der Waals surface area contributed by atoms with E-state index in [-0.39, 0.29) is 0 Å². The first-order valence-electron chi connectivity index (χ1n) is 5.74. The molecule has 0 aromatic heterocycles. The van der Waals surface area contributed by atoms with E-state index in [1.165, 1.54) is 38.5 Å². The monoisotopic (exact) mass is 181 g/mol. The highest BCUT2D eigenvalue weighted by atomic mass is 14.9. The average Bonchev–Trinajstić information content (AvgIpc) is 2.16. The molecule has 0 fully saturated rings.